The SMILES string of the molecule is CCCCCCCCOc1cncc(C#CCN)c1. The van der Waals surface area contributed by atoms with Crippen molar-refractivity contribution in [3.05, 3.63) is 24.0 Å². The average molecular weight is 260 g/mol. The zero-order valence-corrected chi connectivity index (χ0v) is 11.8. The predicted octanol–water partition coefficient (Wildman–Crippen LogP) is 3.13. The highest BCUT2D eigenvalue weighted by Gasteiger charge is 1.96. The second-order valence-electron chi connectivity index (χ2n) is 4.53. The monoisotopic (exact) mass is 260 g/mol. The topological polar surface area (TPSA) is 48.1 Å². The molecule has 104 valence electrons. The standard InChI is InChI=1S/C16H24N2O/c1-2-3-4-5-6-7-11-19-16-12-15(9-8-10-17)13-18-14-16/h12-14H,2-7,10-11,17H2,1H3. The Balaban J connectivity index is 2.22. The van der Waals surface area contributed by atoms with Crippen molar-refractivity contribution in [2.24, 2.45) is 5.73 Å². The first-order valence-corrected chi connectivity index (χ1v) is 7.13. The Labute approximate surface area is 116 Å². The van der Waals surface area contributed by atoms with E-state index in [1.165, 1.54) is 32.1 Å². The molecule has 1 aromatic heterocycles. The number of unbranched alkanes of at least 4 members (excludes halogenated alkanes) is 5. The van der Waals surface area contributed by atoms with E-state index in [-0.39, 0.29) is 0 Å². The van der Waals surface area contributed by atoms with E-state index in [1.807, 2.05) is 6.07 Å². The fourth-order valence-corrected chi connectivity index (χ4v) is 1.79. The van der Waals surface area contributed by atoms with E-state index < -0.39 is 0 Å². The van der Waals surface area contributed by atoms with E-state index in [1.54, 1.807) is 12.4 Å². The molecule has 0 aliphatic heterocycles. The van der Waals surface area contributed by atoms with Crippen LogP contribution in [0.4, 0.5) is 0 Å². The van der Waals surface area contributed by atoms with Crippen LogP contribution in [0, 0.1) is 11.8 Å². The molecule has 0 saturated heterocycles. The summed E-state index contributed by atoms with van der Waals surface area (Å²) >= 11 is 0. The summed E-state index contributed by atoms with van der Waals surface area (Å²) in [5.74, 6) is 6.55. The van der Waals surface area contributed by atoms with Crippen LogP contribution in [0.15, 0.2) is 18.5 Å². The first kappa shape index (κ1) is 15.5. The summed E-state index contributed by atoms with van der Waals surface area (Å²) in [5.41, 5.74) is 6.19. The molecule has 1 aromatic rings. The van der Waals surface area contributed by atoms with Gasteiger partial charge < -0.3 is 10.5 Å². The van der Waals surface area contributed by atoms with E-state index in [0.29, 0.717) is 6.54 Å². The first-order valence-electron chi connectivity index (χ1n) is 7.13. The van der Waals surface area contributed by atoms with Crippen LogP contribution in [0.5, 0.6) is 5.75 Å². The molecule has 0 aromatic carbocycles. The van der Waals surface area contributed by atoms with Gasteiger partial charge in [0, 0.05) is 11.8 Å². The van der Waals surface area contributed by atoms with E-state index in [4.69, 9.17) is 10.5 Å². The Bertz CT molecular complexity index is 407. The van der Waals surface area contributed by atoms with Crippen molar-refractivity contribution in [3.8, 4) is 17.6 Å². The Morgan fingerprint density at radius 1 is 1.16 bits per heavy atom. The average Bonchev–Trinajstić information content (AvgIpc) is 2.44. The summed E-state index contributed by atoms with van der Waals surface area (Å²) in [6, 6.07) is 1.91. The maximum Gasteiger partial charge on any atom is 0.138 e. The highest BCUT2D eigenvalue weighted by molar-refractivity contribution is 5.36. The fraction of sp³-hybridized carbons (Fsp3) is 0.562. The van der Waals surface area contributed by atoms with Crippen LogP contribution >= 0.6 is 0 Å². The van der Waals surface area contributed by atoms with Crippen LogP contribution in [0.3, 0.4) is 0 Å². The van der Waals surface area contributed by atoms with Crippen molar-refractivity contribution in [1.29, 1.82) is 0 Å². The van der Waals surface area contributed by atoms with Crippen molar-refractivity contribution >= 4 is 0 Å². The molecule has 0 atom stereocenters. The quantitative estimate of drug-likeness (QED) is 0.577. The lowest BCUT2D eigenvalue weighted by Gasteiger charge is -2.05. The number of pyridine rings is 1. The van der Waals surface area contributed by atoms with Gasteiger partial charge in [-0.3, -0.25) is 4.98 Å². The Hall–Kier alpha value is -1.53. The molecule has 3 heteroatoms. The van der Waals surface area contributed by atoms with E-state index >= 15 is 0 Å². The number of rotatable bonds is 8. The predicted molar refractivity (Wildman–Crippen MR) is 79.0 cm³/mol. The number of nitrogens with two attached hydrogens (primary N) is 1. The Morgan fingerprint density at radius 2 is 1.95 bits per heavy atom. The van der Waals surface area contributed by atoms with Crippen LogP contribution in [0.1, 0.15) is 51.0 Å². The summed E-state index contributed by atoms with van der Waals surface area (Å²) in [4.78, 5) is 4.11. The number of ether oxygens (including phenoxy) is 1. The van der Waals surface area contributed by atoms with Gasteiger partial charge >= 0.3 is 0 Å². The molecule has 19 heavy (non-hydrogen) atoms. The molecular formula is C16H24N2O. The van der Waals surface area contributed by atoms with Crippen molar-refractivity contribution in [2.45, 2.75) is 45.4 Å². The second kappa shape index (κ2) is 10.4. The Kier molecular flexibility index (Phi) is 8.50. The fourth-order valence-electron chi connectivity index (χ4n) is 1.79. The minimum absolute atomic E-state index is 0.364. The third-order valence-electron chi connectivity index (χ3n) is 2.81. The summed E-state index contributed by atoms with van der Waals surface area (Å²) in [7, 11) is 0. The van der Waals surface area contributed by atoms with E-state index in [2.05, 4.69) is 23.7 Å². The normalized spacial score (nSPS) is 9.79. The summed E-state index contributed by atoms with van der Waals surface area (Å²) < 4.78 is 5.67. The molecule has 2 N–H and O–H groups in total. The maximum atomic E-state index is 5.67. The van der Waals surface area contributed by atoms with Gasteiger partial charge in [-0.1, -0.05) is 50.9 Å². The van der Waals surface area contributed by atoms with Gasteiger partial charge in [0.25, 0.3) is 0 Å². The highest BCUT2D eigenvalue weighted by Crippen LogP contribution is 2.12. The lowest BCUT2D eigenvalue weighted by molar-refractivity contribution is 0.303. The number of aromatic nitrogens is 1. The number of hydrogen-bond acceptors (Lipinski definition) is 3. The summed E-state index contributed by atoms with van der Waals surface area (Å²) in [6.45, 7) is 3.35. The van der Waals surface area contributed by atoms with Crippen LogP contribution < -0.4 is 10.5 Å². The molecule has 0 aliphatic carbocycles. The molecule has 0 fully saturated rings. The molecule has 0 radical (unpaired) electrons. The lowest BCUT2D eigenvalue weighted by Crippen LogP contribution is -1.98. The first-order chi connectivity index (χ1) is 9.36. The van der Waals surface area contributed by atoms with Crippen molar-refractivity contribution in [3.63, 3.8) is 0 Å². The van der Waals surface area contributed by atoms with E-state index in [0.717, 1.165) is 24.3 Å². The Morgan fingerprint density at radius 3 is 2.74 bits per heavy atom. The van der Waals surface area contributed by atoms with Gasteiger partial charge in [-0.15, -0.1) is 0 Å². The summed E-state index contributed by atoms with van der Waals surface area (Å²) in [5, 5.41) is 0. The van der Waals surface area contributed by atoms with Crippen LogP contribution in [0.25, 0.3) is 0 Å². The lowest BCUT2D eigenvalue weighted by atomic mass is 10.1. The minimum Gasteiger partial charge on any atom is -0.492 e. The third kappa shape index (κ3) is 7.48. The van der Waals surface area contributed by atoms with Crippen LogP contribution in [0.2, 0.25) is 0 Å². The van der Waals surface area contributed by atoms with Gasteiger partial charge in [0.1, 0.15) is 5.75 Å². The molecule has 0 saturated carbocycles. The molecule has 0 amide bonds. The van der Waals surface area contributed by atoms with Crippen LogP contribution in [-0.4, -0.2) is 18.1 Å². The molecule has 3 nitrogen and oxygen atoms in total. The minimum atomic E-state index is 0.364. The van der Waals surface area contributed by atoms with Crippen molar-refractivity contribution < 1.29 is 4.74 Å². The van der Waals surface area contributed by atoms with Crippen LogP contribution in [-0.2, 0) is 0 Å². The number of hydrogen-bond donors (Lipinski definition) is 1. The molecule has 0 unspecified atom stereocenters. The van der Waals surface area contributed by atoms with Gasteiger partial charge in [-0.25, -0.2) is 0 Å². The van der Waals surface area contributed by atoms with Gasteiger partial charge in [0.15, 0.2) is 0 Å². The van der Waals surface area contributed by atoms with Gasteiger partial charge in [-0.2, -0.15) is 0 Å². The molecule has 1 rings (SSSR count). The zero-order valence-electron chi connectivity index (χ0n) is 11.8. The highest BCUT2D eigenvalue weighted by atomic mass is 16.5. The van der Waals surface area contributed by atoms with Gasteiger partial charge in [0.05, 0.1) is 19.3 Å². The van der Waals surface area contributed by atoms with Crippen molar-refractivity contribution in [2.75, 3.05) is 13.2 Å². The molecule has 0 bridgehead atoms. The number of nitrogens with zero attached hydrogens (tertiary/aromatic N) is 1. The molecule has 1 heterocycles. The van der Waals surface area contributed by atoms with E-state index in [9.17, 15) is 0 Å². The molecule has 0 spiro atoms. The molecule has 0 aliphatic rings. The van der Waals surface area contributed by atoms with Gasteiger partial charge in [-0.05, 0) is 12.5 Å². The molecular weight excluding hydrogens is 236 g/mol. The maximum absolute atomic E-state index is 5.67. The summed E-state index contributed by atoms with van der Waals surface area (Å²) in [6.07, 6.45) is 11.1. The third-order valence-corrected chi connectivity index (χ3v) is 2.81. The van der Waals surface area contributed by atoms with Gasteiger partial charge in [0.2, 0.25) is 0 Å². The largest absolute Gasteiger partial charge is 0.492 e. The smallest absolute Gasteiger partial charge is 0.138 e. The zero-order chi connectivity index (χ0) is 13.8. The van der Waals surface area contributed by atoms with Crippen molar-refractivity contribution in [1.82, 2.24) is 4.98 Å². The second-order valence-corrected chi connectivity index (χ2v) is 4.53.